The standard InChI is InChI=1S/C39H42N5O20P3/c40-36-22(19-44(39(52)43-36)34-18-29(47)32(62-34)20-60-66(56,57)64-67(58,59)63-65(53,54)55)5-4-14-41-33(48)6-2-1-3-13-42-37(49)21-7-10-25(28(15-21)38(50)51)35-26-11-8-23(45)16-30(26)61-31-17-24(46)9-12-27(31)35/h7-12,15-17,19,29,32,34,36,45,47H,1-3,6,13-14,18,20,40H2,(H,41,48)(H,42,49)(H,43,52)(H,50,51)(H,56,57)(H,58,59)(H2,53,54,55)/t29-,32+,34+,36?/m0/s1. The normalized spacial score (nSPS) is 20.2. The van der Waals surface area contributed by atoms with Crippen molar-refractivity contribution < 1.29 is 90.1 Å². The molecule has 6 rings (SSSR count). The van der Waals surface area contributed by atoms with E-state index in [9.17, 15) is 62.8 Å². The van der Waals surface area contributed by atoms with E-state index in [-0.39, 0.29) is 76.6 Å². The number of nitrogens with two attached hydrogens (primary N) is 1. The third-order valence-corrected chi connectivity index (χ3v) is 13.7. The number of hydrogen-bond acceptors (Lipinski definition) is 16. The predicted molar refractivity (Wildman–Crippen MR) is 230 cm³/mol. The van der Waals surface area contributed by atoms with Gasteiger partial charge in [-0.25, -0.2) is 23.3 Å². The Balaban J connectivity index is 0.947. The highest BCUT2D eigenvalue weighted by Crippen LogP contribution is 2.66. The number of rotatable bonds is 18. The van der Waals surface area contributed by atoms with Crippen molar-refractivity contribution >= 4 is 58.3 Å². The number of aliphatic hydroxyl groups excluding tert-OH is 1. The fourth-order valence-electron chi connectivity index (χ4n) is 6.90. The quantitative estimate of drug-likeness (QED) is 0.0295. The minimum absolute atomic E-state index is 0.0864. The van der Waals surface area contributed by atoms with E-state index in [2.05, 4.69) is 40.9 Å². The molecule has 0 radical (unpaired) electrons. The summed E-state index contributed by atoms with van der Waals surface area (Å²) in [6.45, 7) is -0.840. The van der Waals surface area contributed by atoms with Crippen LogP contribution in [0.2, 0.25) is 0 Å². The molecule has 358 valence electrons. The molecule has 2 aromatic rings. The van der Waals surface area contributed by atoms with Gasteiger partial charge in [-0.3, -0.25) is 23.8 Å². The second-order valence-corrected chi connectivity index (χ2v) is 19.2. The van der Waals surface area contributed by atoms with Gasteiger partial charge in [0.25, 0.3) is 5.91 Å². The molecule has 1 fully saturated rings. The number of aromatic carboxylic acids is 1. The first-order chi connectivity index (χ1) is 31.5. The summed E-state index contributed by atoms with van der Waals surface area (Å²) in [4.78, 5) is 100. The van der Waals surface area contributed by atoms with Crippen LogP contribution in [0, 0.1) is 11.8 Å². The molecular weight excluding hydrogens is 951 g/mol. The van der Waals surface area contributed by atoms with Crippen LogP contribution in [-0.2, 0) is 36.4 Å². The number of phenolic OH excluding ortho intramolecular Hbond substituents is 1. The van der Waals surface area contributed by atoms with Gasteiger partial charge in [0, 0.05) is 59.8 Å². The summed E-state index contributed by atoms with van der Waals surface area (Å²) in [7, 11) is -16.9. The van der Waals surface area contributed by atoms with Crippen molar-refractivity contribution in [2.45, 2.75) is 56.7 Å². The number of phosphoric acid groups is 3. The smallest absolute Gasteiger partial charge is 0.490 e. The van der Waals surface area contributed by atoms with Crippen molar-refractivity contribution in [1.29, 1.82) is 0 Å². The summed E-state index contributed by atoms with van der Waals surface area (Å²) in [5, 5.41) is 38.9. The molecule has 0 bridgehead atoms. The monoisotopic (exact) mass is 993 g/mol. The van der Waals surface area contributed by atoms with Gasteiger partial charge in [-0.05, 0) is 54.8 Å². The fraction of sp³-hybridized carbons (Fsp3) is 0.308. The maximum Gasteiger partial charge on any atom is 0.490 e. The molecule has 67 heavy (non-hydrogen) atoms. The molecular formula is C39H42N5O20P3. The molecule has 3 unspecified atom stereocenters. The number of nitrogens with one attached hydrogen (secondary N) is 3. The van der Waals surface area contributed by atoms with Crippen LogP contribution in [0.15, 0.2) is 75.6 Å². The molecule has 1 aliphatic carbocycles. The van der Waals surface area contributed by atoms with Crippen LogP contribution in [0.25, 0.3) is 33.4 Å². The Morgan fingerprint density at radius 1 is 0.925 bits per heavy atom. The molecule has 28 heteroatoms. The summed E-state index contributed by atoms with van der Waals surface area (Å²) < 4.78 is 57.6. The molecule has 0 saturated carbocycles. The van der Waals surface area contributed by atoms with Crippen molar-refractivity contribution in [3.63, 3.8) is 0 Å². The van der Waals surface area contributed by atoms with Gasteiger partial charge in [-0.15, -0.1) is 0 Å². The number of hydrogen-bond donors (Lipinski definition) is 11. The SMILES string of the molecule is NC1NC(=O)N([C@H]2C[C@H](O)[C@@H](COP(=O)(O)OP(=O)(O)OP(=O)(O)O)O2)C=C1C#CCNC(=O)CCCCCNC(=O)c1ccc(-c2c3ccc(=O)cc-3oc3cc(O)ccc23)c(C(=O)O)c1. The van der Waals surface area contributed by atoms with Crippen molar-refractivity contribution in [3.8, 4) is 40.0 Å². The van der Waals surface area contributed by atoms with E-state index in [0.717, 1.165) is 4.90 Å². The topological polar surface area (TPSA) is 394 Å². The number of phenols is 1. The minimum Gasteiger partial charge on any atom is -0.508 e. The van der Waals surface area contributed by atoms with E-state index in [4.69, 9.17) is 24.7 Å². The van der Waals surface area contributed by atoms with E-state index in [1.54, 1.807) is 6.07 Å². The van der Waals surface area contributed by atoms with Crippen molar-refractivity contribution in [2.75, 3.05) is 19.7 Å². The number of phosphoric ester groups is 1. The number of aromatic hydroxyl groups is 1. The fourth-order valence-corrected chi connectivity index (χ4v) is 9.93. The molecule has 12 N–H and O–H groups in total. The molecule has 3 aliphatic heterocycles. The first-order valence-corrected chi connectivity index (χ1v) is 24.3. The van der Waals surface area contributed by atoms with Gasteiger partial charge >= 0.3 is 35.5 Å². The van der Waals surface area contributed by atoms with E-state index in [1.807, 2.05) is 0 Å². The van der Waals surface area contributed by atoms with Crippen LogP contribution in [0.3, 0.4) is 0 Å². The lowest BCUT2D eigenvalue weighted by atomic mass is 9.90. The number of carboxylic acids is 1. The third-order valence-electron chi connectivity index (χ3n) is 9.89. The lowest BCUT2D eigenvalue weighted by molar-refractivity contribution is -0.121. The van der Waals surface area contributed by atoms with Gasteiger partial charge < -0.3 is 65.7 Å². The second-order valence-electron chi connectivity index (χ2n) is 14.8. The summed E-state index contributed by atoms with van der Waals surface area (Å²) >= 11 is 0. The first kappa shape index (κ1) is 50.6. The highest BCUT2D eigenvalue weighted by Gasteiger charge is 2.44. The summed E-state index contributed by atoms with van der Waals surface area (Å²) in [6.07, 6.45) is -2.52. The number of ether oxygens (including phenoxy) is 1. The number of carbonyl (C=O) groups is 4. The maximum atomic E-state index is 13.1. The molecule has 1 saturated heterocycles. The second kappa shape index (κ2) is 21.0. The summed E-state index contributed by atoms with van der Waals surface area (Å²) in [5.41, 5.74) is 7.08. The molecule has 25 nitrogen and oxygen atoms in total. The third kappa shape index (κ3) is 13.4. The minimum atomic E-state index is -5.78. The van der Waals surface area contributed by atoms with Crippen LogP contribution in [0.4, 0.5) is 4.79 Å². The zero-order valence-corrected chi connectivity index (χ0v) is 37.2. The number of amides is 4. The Morgan fingerprint density at radius 3 is 2.40 bits per heavy atom. The Labute approximate surface area is 378 Å². The number of nitrogens with zero attached hydrogens (tertiary/aromatic N) is 1. The van der Waals surface area contributed by atoms with Crippen LogP contribution < -0.4 is 27.1 Å². The number of fused-ring (bicyclic) bond motifs is 2. The molecule has 3 heterocycles. The highest BCUT2D eigenvalue weighted by atomic mass is 31.3. The van der Waals surface area contributed by atoms with Gasteiger partial charge in [-0.1, -0.05) is 24.3 Å². The van der Waals surface area contributed by atoms with E-state index < -0.39 is 72.6 Å². The van der Waals surface area contributed by atoms with Crippen LogP contribution >= 0.6 is 23.5 Å². The molecule has 2 aromatic carbocycles. The number of carboxylic acid groups (broad SMARTS) is 1. The Hall–Kier alpha value is -5.80. The van der Waals surface area contributed by atoms with Crippen molar-refractivity contribution in [2.24, 2.45) is 5.73 Å². The number of benzene rings is 3. The average molecular weight is 994 g/mol. The molecule has 6 atom stereocenters. The molecule has 4 amide bonds. The Bertz CT molecular complexity index is 2860. The Kier molecular flexibility index (Phi) is 15.9. The highest BCUT2D eigenvalue weighted by molar-refractivity contribution is 7.66. The van der Waals surface area contributed by atoms with Gasteiger partial charge in [0.05, 0.1) is 30.4 Å². The number of unbranched alkanes of at least 4 members (excludes halogenated alkanes) is 2. The van der Waals surface area contributed by atoms with Crippen LogP contribution in [0.1, 0.15) is 52.8 Å². The number of carbonyl (C=O) groups excluding carboxylic acids is 3. The number of urea groups is 1. The largest absolute Gasteiger partial charge is 0.508 e. The zero-order valence-electron chi connectivity index (χ0n) is 34.5. The summed E-state index contributed by atoms with van der Waals surface area (Å²) in [5.74, 6) is 3.36. The molecule has 0 aromatic heterocycles. The van der Waals surface area contributed by atoms with Crippen LogP contribution in [-0.4, -0.2) is 108 Å². The number of aliphatic hydroxyl groups is 1. The van der Waals surface area contributed by atoms with E-state index in [1.165, 1.54) is 54.7 Å². The van der Waals surface area contributed by atoms with Gasteiger partial charge in [0.15, 0.2) is 5.43 Å². The Morgan fingerprint density at radius 2 is 1.67 bits per heavy atom. The molecule has 4 aliphatic rings. The van der Waals surface area contributed by atoms with Gasteiger partial charge in [-0.2, -0.15) is 8.62 Å². The lowest BCUT2D eigenvalue weighted by Gasteiger charge is -2.32. The average Bonchev–Trinajstić information content (AvgIpc) is 3.60. The van der Waals surface area contributed by atoms with Gasteiger partial charge in [0.1, 0.15) is 35.6 Å². The van der Waals surface area contributed by atoms with E-state index >= 15 is 0 Å². The van der Waals surface area contributed by atoms with Crippen molar-refractivity contribution in [3.05, 3.63) is 87.7 Å². The van der Waals surface area contributed by atoms with Crippen LogP contribution in [0.5, 0.6) is 5.75 Å². The van der Waals surface area contributed by atoms with Crippen molar-refractivity contribution in [1.82, 2.24) is 20.9 Å². The molecule has 0 spiro atoms. The zero-order chi connectivity index (χ0) is 48.8. The van der Waals surface area contributed by atoms with Gasteiger partial charge in [0.2, 0.25) is 5.91 Å². The van der Waals surface area contributed by atoms with E-state index in [0.29, 0.717) is 35.8 Å². The maximum absolute atomic E-state index is 13.1. The first-order valence-electron chi connectivity index (χ1n) is 19.8. The predicted octanol–water partition coefficient (Wildman–Crippen LogP) is 2.39. The summed E-state index contributed by atoms with van der Waals surface area (Å²) in [6, 6.07) is 11.9. The lowest BCUT2D eigenvalue weighted by Crippen LogP contribution is -2.54.